The molecule has 13 heavy (non-hydrogen) atoms. The first-order valence-electron chi connectivity index (χ1n) is 4.24. The zero-order valence-corrected chi connectivity index (χ0v) is 7.95. The van der Waals surface area contributed by atoms with Crippen LogP contribution < -0.4 is 0 Å². The second-order valence-electron chi connectivity index (χ2n) is 2.88. The summed E-state index contributed by atoms with van der Waals surface area (Å²) >= 11 is 5.47. The molecule has 0 aliphatic heterocycles. The van der Waals surface area contributed by atoms with Crippen LogP contribution in [0.1, 0.15) is 18.4 Å². The predicted octanol–water partition coefficient (Wildman–Crippen LogP) is 3.53. The van der Waals surface area contributed by atoms with Gasteiger partial charge in [-0.25, -0.2) is 8.78 Å². The highest BCUT2D eigenvalue weighted by atomic mass is 35.5. The molecular weight excluding hydrogens is 194 g/mol. The van der Waals surface area contributed by atoms with Gasteiger partial charge in [0.25, 0.3) is 0 Å². The molecule has 0 bridgehead atoms. The summed E-state index contributed by atoms with van der Waals surface area (Å²) in [5.74, 6) is -0.157. The minimum atomic E-state index is -0.387. The second-order valence-corrected chi connectivity index (χ2v) is 3.26. The number of rotatable bonds is 4. The van der Waals surface area contributed by atoms with E-state index in [2.05, 4.69) is 0 Å². The molecule has 0 radical (unpaired) electrons. The Bertz CT molecular complexity index is 274. The van der Waals surface area contributed by atoms with E-state index in [9.17, 15) is 8.78 Å². The van der Waals surface area contributed by atoms with E-state index in [0.29, 0.717) is 17.9 Å². The number of hydrogen-bond donors (Lipinski definition) is 0. The van der Waals surface area contributed by atoms with Gasteiger partial charge in [0.05, 0.1) is 0 Å². The van der Waals surface area contributed by atoms with Crippen LogP contribution in [0.3, 0.4) is 0 Å². The van der Waals surface area contributed by atoms with Gasteiger partial charge in [0, 0.05) is 5.88 Å². The van der Waals surface area contributed by atoms with Crippen LogP contribution in [0.15, 0.2) is 18.2 Å². The van der Waals surface area contributed by atoms with Crippen LogP contribution in [0.2, 0.25) is 0 Å². The lowest BCUT2D eigenvalue weighted by atomic mass is 10.1. The Morgan fingerprint density at radius 3 is 2.62 bits per heavy atom. The predicted molar refractivity (Wildman–Crippen MR) is 50.0 cm³/mol. The smallest absolute Gasteiger partial charge is 0.126 e. The third-order valence-electron chi connectivity index (χ3n) is 1.84. The van der Waals surface area contributed by atoms with E-state index in [1.54, 1.807) is 0 Å². The van der Waals surface area contributed by atoms with Crippen LogP contribution in [0.25, 0.3) is 0 Å². The molecule has 1 aromatic carbocycles. The average molecular weight is 205 g/mol. The number of benzene rings is 1. The number of alkyl halides is 1. The first-order chi connectivity index (χ1) is 6.24. The van der Waals surface area contributed by atoms with Crippen molar-refractivity contribution in [1.82, 2.24) is 0 Å². The summed E-state index contributed by atoms with van der Waals surface area (Å²) in [6.45, 7) is 0. The van der Waals surface area contributed by atoms with E-state index < -0.39 is 0 Å². The van der Waals surface area contributed by atoms with Crippen molar-refractivity contribution < 1.29 is 8.78 Å². The number of aryl methyl sites for hydroxylation is 1. The molecule has 1 aromatic rings. The molecule has 0 aliphatic carbocycles. The first kappa shape index (κ1) is 10.5. The average Bonchev–Trinajstić information content (AvgIpc) is 2.11. The molecule has 0 nitrogen and oxygen atoms in total. The van der Waals surface area contributed by atoms with Crippen molar-refractivity contribution in [2.75, 3.05) is 5.88 Å². The lowest BCUT2D eigenvalue weighted by molar-refractivity contribution is 0.580. The van der Waals surface area contributed by atoms with Gasteiger partial charge < -0.3 is 0 Å². The van der Waals surface area contributed by atoms with E-state index in [1.165, 1.54) is 6.07 Å². The topological polar surface area (TPSA) is 0 Å². The lowest BCUT2D eigenvalue weighted by Gasteiger charge is -2.01. The summed E-state index contributed by atoms with van der Waals surface area (Å²) in [6.07, 6.45) is 2.18. The van der Waals surface area contributed by atoms with Crippen LogP contribution in [-0.2, 0) is 6.42 Å². The van der Waals surface area contributed by atoms with Crippen molar-refractivity contribution in [3.8, 4) is 0 Å². The van der Waals surface area contributed by atoms with Gasteiger partial charge in [-0.2, -0.15) is 0 Å². The van der Waals surface area contributed by atoms with Crippen molar-refractivity contribution in [3.63, 3.8) is 0 Å². The van der Waals surface area contributed by atoms with Crippen LogP contribution in [0.5, 0.6) is 0 Å². The normalized spacial score (nSPS) is 10.4. The quantitative estimate of drug-likeness (QED) is 0.520. The molecular formula is C10H11ClF2. The van der Waals surface area contributed by atoms with E-state index in [-0.39, 0.29) is 11.6 Å². The molecule has 0 heterocycles. The third-order valence-corrected chi connectivity index (χ3v) is 2.10. The second kappa shape index (κ2) is 5.18. The van der Waals surface area contributed by atoms with E-state index in [1.807, 2.05) is 0 Å². The van der Waals surface area contributed by atoms with Gasteiger partial charge in [0.2, 0.25) is 0 Å². The van der Waals surface area contributed by atoms with Gasteiger partial charge in [-0.1, -0.05) is 0 Å². The molecule has 0 atom stereocenters. The van der Waals surface area contributed by atoms with E-state index in [0.717, 1.165) is 25.0 Å². The molecule has 0 unspecified atom stereocenters. The fourth-order valence-electron chi connectivity index (χ4n) is 1.14. The number of hydrogen-bond acceptors (Lipinski definition) is 0. The van der Waals surface area contributed by atoms with Crippen molar-refractivity contribution in [1.29, 1.82) is 0 Å². The molecule has 0 saturated heterocycles. The fraction of sp³-hybridized carbons (Fsp3) is 0.400. The molecule has 3 heteroatoms. The summed E-state index contributed by atoms with van der Waals surface area (Å²) in [7, 11) is 0. The monoisotopic (exact) mass is 204 g/mol. The highest BCUT2D eigenvalue weighted by Gasteiger charge is 2.02. The maximum absolute atomic E-state index is 13.0. The van der Waals surface area contributed by atoms with Crippen LogP contribution in [0.4, 0.5) is 8.78 Å². The summed E-state index contributed by atoms with van der Waals surface area (Å²) in [6, 6.07) is 3.52. The third kappa shape index (κ3) is 3.31. The van der Waals surface area contributed by atoms with E-state index in [4.69, 9.17) is 11.6 Å². The Morgan fingerprint density at radius 2 is 1.92 bits per heavy atom. The zero-order valence-electron chi connectivity index (χ0n) is 7.19. The van der Waals surface area contributed by atoms with Crippen LogP contribution in [-0.4, -0.2) is 5.88 Å². The van der Waals surface area contributed by atoms with Crippen LogP contribution >= 0.6 is 11.6 Å². The Balaban J connectivity index is 2.59. The summed E-state index contributed by atoms with van der Waals surface area (Å²) in [5, 5.41) is 0. The van der Waals surface area contributed by atoms with Gasteiger partial charge >= 0.3 is 0 Å². The number of halogens is 3. The maximum Gasteiger partial charge on any atom is 0.126 e. The zero-order chi connectivity index (χ0) is 9.68. The molecule has 0 aromatic heterocycles. The van der Waals surface area contributed by atoms with Crippen molar-refractivity contribution >= 4 is 11.6 Å². The molecule has 72 valence electrons. The van der Waals surface area contributed by atoms with E-state index >= 15 is 0 Å². The van der Waals surface area contributed by atoms with Gasteiger partial charge in [-0.15, -0.1) is 11.6 Å². The van der Waals surface area contributed by atoms with Crippen molar-refractivity contribution in [2.45, 2.75) is 19.3 Å². The molecule has 0 amide bonds. The van der Waals surface area contributed by atoms with Gasteiger partial charge in [-0.3, -0.25) is 0 Å². The Hall–Kier alpha value is -0.630. The number of unbranched alkanes of at least 4 members (excludes halogenated alkanes) is 1. The Morgan fingerprint density at radius 1 is 1.15 bits per heavy atom. The van der Waals surface area contributed by atoms with Crippen molar-refractivity contribution in [2.24, 2.45) is 0 Å². The van der Waals surface area contributed by atoms with Crippen molar-refractivity contribution in [3.05, 3.63) is 35.4 Å². The lowest BCUT2D eigenvalue weighted by Crippen LogP contribution is -1.92. The summed E-state index contributed by atoms with van der Waals surface area (Å²) in [5.41, 5.74) is 0.435. The molecule has 0 spiro atoms. The highest BCUT2D eigenvalue weighted by Crippen LogP contribution is 2.12. The molecule has 0 N–H and O–H groups in total. The maximum atomic E-state index is 13.0. The van der Waals surface area contributed by atoms with Gasteiger partial charge in [0.15, 0.2) is 0 Å². The molecule has 0 saturated carbocycles. The van der Waals surface area contributed by atoms with Crippen LogP contribution in [0, 0.1) is 11.6 Å². The Labute approximate surface area is 81.5 Å². The SMILES string of the molecule is Fc1ccc(F)c(CCCCCl)c1. The minimum Gasteiger partial charge on any atom is -0.207 e. The first-order valence-corrected chi connectivity index (χ1v) is 4.77. The fourth-order valence-corrected chi connectivity index (χ4v) is 1.33. The Kier molecular flexibility index (Phi) is 4.16. The standard InChI is InChI=1S/C10H11ClF2/c11-6-2-1-3-8-7-9(12)4-5-10(8)13/h4-5,7H,1-3,6H2. The summed E-state index contributed by atoms with van der Waals surface area (Å²) in [4.78, 5) is 0. The van der Waals surface area contributed by atoms with Gasteiger partial charge in [-0.05, 0) is 43.0 Å². The van der Waals surface area contributed by atoms with Gasteiger partial charge in [0.1, 0.15) is 11.6 Å². The largest absolute Gasteiger partial charge is 0.207 e. The molecule has 1 rings (SSSR count). The highest BCUT2D eigenvalue weighted by molar-refractivity contribution is 6.17. The molecule has 0 fully saturated rings. The summed E-state index contributed by atoms with van der Waals surface area (Å²) < 4.78 is 25.7. The molecule has 0 aliphatic rings. The minimum absolute atomic E-state index is 0.337.